The molecule has 3 heterocycles. The summed E-state index contributed by atoms with van der Waals surface area (Å²) >= 11 is 0. The number of hydrogen-bond acceptors (Lipinski definition) is 6. The second-order valence-corrected chi connectivity index (χ2v) is 7.50. The number of likely N-dealkylation sites (tertiary alicyclic amines) is 1. The molecule has 166 valence electrons. The smallest absolute Gasteiger partial charge is 0.433 e. The van der Waals surface area contributed by atoms with Crippen LogP contribution in [-0.4, -0.2) is 51.3 Å². The molecular formula is C21H24F3N5O2. The van der Waals surface area contributed by atoms with Gasteiger partial charge < -0.3 is 9.47 Å². The molecule has 0 radical (unpaired) electrons. The summed E-state index contributed by atoms with van der Waals surface area (Å²) in [4.78, 5) is 10.5. The van der Waals surface area contributed by atoms with E-state index in [1.54, 1.807) is 7.11 Å². The highest BCUT2D eigenvalue weighted by molar-refractivity contribution is 5.43. The lowest BCUT2D eigenvalue weighted by atomic mass is 9.92. The van der Waals surface area contributed by atoms with Gasteiger partial charge in [0.1, 0.15) is 6.33 Å². The van der Waals surface area contributed by atoms with Crippen LogP contribution < -0.4 is 9.47 Å². The molecule has 1 fully saturated rings. The Kier molecular flexibility index (Phi) is 5.99. The number of nitrogens with zero attached hydrogens (tertiary/aromatic N) is 5. The summed E-state index contributed by atoms with van der Waals surface area (Å²) in [5.74, 6) is 1.34. The maximum absolute atomic E-state index is 13.4. The van der Waals surface area contributed by atoms with E-state index in [1.165, 1.54) is 0 Å². The van der Waals surface area contributed by atoms with Crippen LogP contribution in [0.15, 0.2) is 30.6 Å². The van der Waals surface area contributed by atoms with Gasteiger partial charge >= 0.3 is 6.18 Å². The molecule has 1 aromatic carbocycles. The van der Waals surface area contributed by atoms with Crippen LogP contribution in [0.3, 0.4) is 0 Å². The Morgan fingerprint density at radius 1 is 1.13 bits per heavy atom. The van der Waals surface area contributed by atoms with E-state index in [0.29, 0.717) is 23.8 Å². The van der Waals surface area contributed by atoms with Gasteiger partial charge in [-0.05, 0) is 56.6 Å². The van der Waals surface area contributed by atoms with E-state index in [1.807, 2.05) is 25.1 Å². The predicted octanol–water partition coefficient (Wildman–Crippen LogP) is 3.93. The molecule has 10 heteroatoms. The molecule has 0 aliphatic carbocycles. The van der Waals surface area contributed by atoms with Gasteiger partial charge in [0.2, 0.25) is 0 Å². The summed E-state index contributed by atoms with van der Waals surface area (Å²) in [5, 5.41) is 3.66. The first-order valence-electron chi connectivity index (χ1n) is 10.2. The monoisotopic (exact) mass is 435 g/mol. The number of alkyl halides is 3. The zero-order valence-electron chi connectivity index (χ0n) is 17.4. The Labute approximate surface area is 177 Å². The summed E-state index contributed by atoms with van der Waals surface area (Å²) < 4.78 is 52.0. The molecule has 2 aromatic heterocycles. The number of halogens is 3. The fourth-order valence-corrected chi connectivity index (χ4v) is 3.97. The average molecular weight is 435 g/mol. The molecule has 31 heavy (non-hydrogen) atoms. The minimum absolute atomic E-state index is 0.0197. The Hall–Kier alpha value is -2.88. The van der Waals surface area contributed by atoms with Crippen LogP contribution in [0.5, 0.6) is 11.5 Å². The van der Waals surface area contributed by atoms with E-state index in [0.717, 1.165) is 54.9 Å². The van der Waals surface area contributed by atoms with Gasteiger partial charge in [0.15, 0.2) is 17.2 Å². The van der Waals surface area contributed by atoms with Gasteiger partial charge in [0.05, 0.1) is 13.7 Å². The van der Waals surface area contributed by atoms with Crippen LogP contribution in [-0.2, 0) is 12.7 Å². The van der Waals surface area contributed by atoms with E-state index in [2.05, 4.69) is 20.0 Å². The van der Waals surface area contributed by atoms with Gasteiger partial charge in [-0.3, -0.25) is 4.90 Å². The van der Waals surface area contributed by atoms with Crippen molar-refractivity contribution < 1.29 is 22.6 Å². The van der Waals surface area contributed by atoms with Gasteiger partial charge in [0.25, 0.3) is 5.78 Å². The maximum atomic E-state index is 13.4. The van der Waals surface area contributed by atoms with Crippen molar-refractivity contribution in [2.45, 2.75) is 38.4 Å². The zero-order valence-corrected chi connectivity index (χ0v) is 17.4. The van der Waals surface area contributed by atoms with E-state index < -0.39 is 11.9 Å². The second-order valence-electron chi connectivity index (χ2n) is 7.50. The molecule has 1 aliphatic heterocycles. The molecule has 0 bridgehead atoms. The summed E-state index contributed by atoms with van der Waals surface area (Å²) in [6.45, 7) is 4.75. The largest absolute Gasteiger partial charge is 0.493 e. The third-order valence-corrected chi connectivity index (χ3v) is 5.50. The number of fused-ring (bicyclic) bond motifs is 1. The first kappa shape index (κ1) is 21.4. The first-order chi connectivity index (χ1) is 14.9. The fourth-order valence-electron chi connectivity index (χ4n) is 3.97. The SMILES string of the molecule is CCOc1ccc(CN2CCC(c3cc(C(F)(F)F)n4ncnc4n3)CC2)cc1OC. The molecule has 7 nitrogen and oxygen atoms in total. The minimum Gasteiger partial charge on any atom is -0.493 e. The zero-order chi connectivity index (χ0) is 22.0. The number of methoxy groups -OCH3 is 1. The molecule has 0 unspecified atom stereocenters. The van der Waals surface area contributed by atoms with Crippen molar-refractivity contribution in [1.82, 2.24) is 24.5 Å². The third-order valence-electron chi connectivity index (χ3n) is 5.50. The highest BCUT2D eigenvalue weighted by Gasteiger charge is 2.36. The number of benzene rings is 1. The summed E-state index contributed by atoms with van der Waals surface area (Å²) in [7, 11) is 1.61. The normalized spacial score (nSPS) is 16.0. The topological polar surface area (TPSA) is 64.8 Å². The highest BCUT2D eigenvalue weighted by atomic mass is 19.4. The van der Waals surface area contributed by atoms with Crippen molar-refractivity contribution in [3.63, 3.8) is 0 Å². The van der Waals surface area contributed by atoms with Gasteiger partial charge in [-0.25, -0.2) is 4.98 Å². The van der Waals surface area contributed by atoms with Crippen LogP contribution in [0.25, 0.3) is 5.78 Å². The Morgan fingerprint density at radius 3 is 2.58 bits per heavy atom. The molecule has 0 amide bonds. The number of aromatic nitrogens is 4. The Morgan fingerprint density at radius 2 is 1.90 bits per heavy atom. The van der Waals surface area contributed by atoms with Crippen molar-refractivity contribution in [3.05, 3.63) is 47.5 Å². The Bertz CT molecular complexity index is 1050. The standard InChI is InChI=1S/C21H24F3N5O2/c1-3-31-17-5-4-14(10-18(17)30-2)12-28-8-6-15(7-9-28)16-11-19(21(22,23)24)29-20(27-16)25-13-26-29/h4-5,10-11,13,15H,3,6-9,12H2,1-2H3. The molecule has 0 saturated carbocycles. The van der Waals surface area contributed by atoms with Crippen LogP contribution in [0.2, 0.25) is 0 Å². The van der Waals surface area contributed by atoms with E-state index in [-0.39, 0.29) is 11.7 Å². The van der Waals surface area contributed by atoms with Crippen molar-refractivity contribution in [2.75, 3.05) is 26.8 Å². The molecular weight excluding hydrogens is 411 g/mol. The van der Waals surface area contributed by atoms with Crippen LogP contribution >= 0.6 is 0 Å². The second kappa shape index (κ2) is 8.70. The van der Waals surface area contributed by atoms with Crippen molar-refractivity contribution >= 4 is 5.78 Å². The lowest BCUT2D eigenvalue weighted by molar-refractivity contribution is -0.142. The Balaban J connectivity index is 1.45. The van der Waals surface area contributed by atoms with Crippen LogP contribution in [0.1, 0.15) is 42.6 Å². The first-order valence-corrected chi connectivity index (χ1v) is 10.2. The molecule has 0 spiro atoms. The quantitative estimate of drug-likeness (QED) is 0.585. The number of piperidine rings is 1. The van der Waals surface area contributed by atoms with Gasteiger partial charge in [-0.15, -0.1) is 0 Å². The summed E-state index contributed by atoms with van der Waals surface area (Å²) in [6, 6.07) is 6.99. The maximum Gasteiger partial charge on any atom is 0.433 e. The van der Waals surface area contributed by atoms with Gasteiger partial charge in [-0.1, -0.05) is 6.07 Å². The summed E-state index contributed by atoms with van der Waals surface area (Å²) in [5.41, 5.74) is 0.685. The van der Waals surface area contributed by atoms with Gasteiger partial charge in [-0.2, -0.15) is 27.8 Å². The van der Waals surface area contributed by atoms with Crippen molar-refractivity contribution in [2.24, 2.45) is 0 Å². The highest BCUT2D eigenvalue weighted by Crippen LogP contribution is 2.34. The average Bonchev–Trinajstić information content (AvgIpc) is 3.22. The van der Waals surface area contributed by atoms with Crippen LogP contribution in [0, 0.1) is 0 Å². The van der Waals surface area contributed by atoms with Crippen molar-refractivity contribution in [1.29, 1.82) is 0 Å². The lowest BCUT2D eigenvalue weighted by Gasteiger charge is -2.32. The van der Waals surface area contributed by atoms with Crippen LogP contribution in [0.4, 0.5) is 13.2 Å². The molecule has 4 rings (SSSR count). The number of ether oxygens (including phenoxy) is 2. The third kappa shape index (κ3) is 4.58. The fraction of sp³-hybridized carbons (Fsp3) is 0.476. The minimum atomic E-state index is -4.52. The van der Waals surface area contributed by atoms with Gasteiger partial charge in [0, 0.05) is 18.2 Å². The molecule has 1 saturated heterocycles. The molecule has 0 N–H and O–H groups in total. The van der Waals surface area contributed by atoms with E-state index in [9.17, 15) is 13.2 Å². The number of rotatable bonds is 6. The van der Waals surface area contributed by atoms with Crippen molar-refractivity contribution in [3.8, 4) is 11.5 Å². The molecule has 1 aliphatic rings. The summed E-state index contributed by atoms with van der Waals surface area (Å²) in [6.07, 6.45) is -1.97. The molecule has 0 atom stereocenters. The van der Waals surface area contributed by atoms with E-state index >= 15 is 0 Å². The number of hydrogen-bond donors (Lipinski definition) is 0. The predicted molar refractivity (Wildman–Crippen MR) is 107 cm³/mol. The molecule has 3 aromatic rings. The van der Waals surface area contributed by atoms with E-state index in [4.69, 9.17) is 9.47 Å². The lowest BCUT2D eigenvalue weighted by Crippen LogP contribution is -2.33.